The number of amides is 3. The maximum absolute atomic E-state index is 12.5. The molecule has 0 bridgehead atoms. The van der Waals surface area contributed by atoms with Gasteiger partial charge in [0.25, 0.3) is 5.91 Å². The summed E-state index contributed by atoms with van der Waals surface area (Å²) in [5, 5.41) is 14.2. The van der Waals surface area contributed by atoms with E-state index >= 15 is 0 Å². The molecule has 3 unspecified atom stereocenters. The Labute approximate surface area is 177 Å². The number of aliphatic hydroxyl groups is 1. The van der Waals surface area contributed by atoms with Gasteiger partial charge in [-0.25, -0.2) is 13.2 Å². The topological polar surface area (TPSA) is 151 Å². The number of benzene rings is 1. The van der Waals surface area contributed by atoms with Crippen molar-refractivity contribution in [3.05, 3.63) is 28.2 Å². The molecular formula is C16H21Cl2N3O7S. The van der Waals surface area contributed by atoms with Crippen LogP contribution in [0.15, 0.2) is 23.1 Å². The van der Waals surface area contributed by atoms with Gasteiger partial charge >= 0.3 is 12.0 Å². The number of aliphatic hydroxyl groups excluding tert-OH is 1. The lowest BCUT2D eigenvalue weighted by Gasteiger charge is -2.22. The number of imide groups is 1. The number of hydrogen-bond acceptors (Lipinski definition) is 7. The fourth-order valence-corrected chi connectivity index (χ4v) is 3.59. The van der Waals surface area contributed by atoms with Crippen molar-refractivity contribution in [1.82, 2.24) is 15.4 Å². The fourth-order valence-electron chi connectivity index (χ4n) is 1.94. The van der Waals surface area contributed by atoms with Crippen molar-refractivity contribution in [2.75, 3.05) is 6.54 Å². The minimum absolute atomic E-state index is 0.0265. The molecule has 4 N–H and O–H groups in total. The molecular weight excluding hydrogens is 449 g/mol. The number of sulfonamides is 1. The summed E-state index contributed by atoms with van der Waals surface area (Å²) in [5.74, 6) is -2.15. The summed E-state index contributed by atoms with van der Waals surface area (Å²) in [6.45, 7) is 4.25. The van der Waals surface area contributed by atoms with Crippen LogP contribution in [0, 0.1) is 0 Å². The molecule has 3 atom stereocenters. The average molecular weight is 470 g/mol. The number of urea groups is 1. The lowest BCUT2D eigenvalue weighted by molar-refractivity contribution is -0.158. The van der Waals surface area contributed by atoms with Gasteiger partial charge in [-0.05, 0) is 39.0 Å². The van der Waals surface area contributed by atoms with Gasteiger partial charge in [0.05, 0.1) is 21.0 Å². The van der Waals surface area contributed by atoms with E-state index in [-0.39, 0.29) is 21.5 Å². The van der Waals surface area contributed by atoms with E-state index in [9.17, 15) is 27.9 Å². The number of carbonyl (C=O) groups excluding carboxylic acids is 3. The summed E-state index contributed by atoms with van der Waals surface area (Å²) < 4.78 is 31.8. The Morgan fingerprint density at radius 3 is 2.31 bits per heavy atom. The zero-order valence-electron chi connectivity index (χ0n) is 15.7. The van der Waals surface area contributed by atoms with Crippen molar-refractivity contribution < 1.29 is 32.6 Å². The first-order valence-electron chi connectivity index (χ1n) is 8.33. The summed E-state index contributed by atoms with van der Waals surface area (Å²) >= 11 is 11.6. The number of halogens is 2. The van der Waals surface area contributed by atoms with Crippen LogP contribution in [0.25, 0.3) is 0 Å². The van der Waals surface area contributed by atoms with Crippen LogP contribution in [-0.2, 0) is 24.3 Å². The van der Waals surface area contributed by atoms with Gasteiger partial charge in [-0.2, -0.15) is 4.72 Å². The van der Waals surface area contributed by atoms with Crippen LogP contribution in [0.4, 0.5) is 4.79 Å². The minimum atomic E-state index is -4.29. The summed E-state index contributed by atoms with van der Waals surface area (Å²) in [4.78, 5) is 35.2. The van der Waals surface area contributed by atoms with E-state index < -0.39 is 46.2 Å². The predicted molar refractivity (Wildman–Crippen MR) is 105 cm³/mol. The van der Waals surface area contributed by atoms with E-state index in [4.69, 9.17) is 27.9 Å². The smallest absolute Gasteiger partial charge is 0.327 e. The maximum atomic E-state index is 12.5. The molecule has 0 aliphatic carbocycles. The van der Waals surface area contributed by atoms with E-state index in [0.717, 1.165) is 19.1 Å². The number of esters is 1. The molecule has 1 rings (SSSR count). The van der Waals surface area contributed by atoms with Gasteiger partial charge in [0.15, 0.2) is 6.10 Å². The van der Waals surface area contributed by atoms with Crippen LogP contribution < -0.4 is 15.4 Å². The highest BCUT2D eigenvalue weighted by atomic mass is 35.5. The lowest BCUT2D eigenvalue weighted by Crippen LogP contribution is -2.51. The number of rotatable bonds is 8. The van der Waals surface area contributed by atoms with E-state index in [2.05, 4.69) is 5.32 Å². The third-order valence-electron chi connectivity index (χ3n) is 3.46. The molecule has 1 aromatic carbocycles. The van der Waals surface area contributed by atoms with Crippen LogP contribution in [0.2, 0.25) is 10.0 Å². The summed E-state index contributed by atoms with van der Waals surface area (Å²) in [7, 11) is -4.29. The zero-order valence-corrected chi connectivity index (χ0v) is 18.1. The highest BCUT2D eigenvalue weighted by Gasteiger charge is 2.33. The first kappa shape index (κ1) is 25.1. The van der Waals surface area contributed by atoms with E-state index in [0.29, 0.717) is 0 Å². The Morgan fingerprint density at radius 2 is 1.79 bits per heavy atom. The Morgan fingerprint density at radius 1 is 1.17 bits per heavy atom. The molecule has 10 nitrogen and oxygen atoms in total. The van der Waals surface area contributed by atoms with Gasteiger partial charge in [-0.1, -0.05) is 23.2 Å². The maximum Gasteiger partial charge on any atom is 0.327 e. The second-order valence-electron chi connectivity index (χ2n) is 5.84. The third-order valence-corrected chi connectivity index (χ3v) is 5.63. The van der Waals surface area contributed by atoms with Crippen LogP contribution in [0.3, 0.4) is 0 Å². The average Bonchev–Trinajstić information content (AvgIpc) is 2.61. The molecule has 0 fully saturated rings. The number of hydrogen-bond donors (Lipinski definition) is 4. The van der Waals surface area contributed by atoms with Crippen LogP contribution in [0.5, 0.6) is 0 Å². The standard InChI is InChI=1S/C16H21Cl2N3O7S/c1-4-19-16(25)20-14(23)9(3)28-15(24)13(8(2)22)21-29(26,27)10-5-6-11(17)12(18)7-10/h5-9,13,21-22H,4H2,1-3H3,(H2,19,20,23,25). The Hall–Kier alpha value is -1.92. The second kappa shape index (κ2) is 10.7. The quantitative estimate of drug-likeness (QED) is 0.410. The molecule has 3 amide bonds. The summed E-state index contributed by atoms with van der Waals surface area (Å²) in [5.41, 5.74) is 0. The molecule has 0 saturated carbocycles. The Bertz CT molecular complexity index is 877. The van der Waals surface area contributed by atoms with Crippen LogP contribution >= 0.6 is 23.2 Å². The monoisotopic (exact) mass is 469 g/mol. The second-order valence-corrected chi connectivity index (χ2v) is 8.37. The molecule has 0 saturated heterocycles. The molecule has 29 heavy (non-hydrogen) atoms. The highest BCUT2D eigenvalue weighted by molar-refractivity contribution is 7.89. The summed E-state index contributed by atoms with van der Waals surface area (Å²) in [6, 6.07) is 0.964. The molecule has 0 aromatic heterocycles. The number of nitrogens with one attached hydrogen (secondary N) is 3. The zero-order chi connectivity index (χ0) is 22.4. The largest absolute Gasteiger partial charge is 0.451 e. The van der Waals surface area contributed by atoms with Gasteiger partial charge < -0.3 is 15.2 Å². The molecule has 0 spiro atoms. The molecule has 0 aliphatic heterocycles. The van der Waals surface area contributed by atoms with Gasteiger partial charge in [0.1, 0.15) is 6.04 Å². The van der Waals surface area contributed by atoms with E-state index in [1.807, 2.05) is 10.0 Å². The number of carbonyl (C=O) groups is 3. The number of ether oxygens (including phenoxy) is 1. The highest BCUT2D eigenvalue weighted by Crippen LogP contribution is 2.25. The molecule has 13 heteroatoms. The molecule has 0 radical (unpaired) electrons. The third kappa shape index (κ3) is 7.44. The van der Waals surface area contributed by atoms with Crippen molar-refractivity contribution >= 4 is 51.1 Å². The van der Waals surface area contributed by atoms with E-state index in [1.54, 1.807) is 6.92 Å². The first-order valence-corrected chi connectivity index (χ1v) is 10.6. The molecule has 0 heterocycles. The Balaban J connectivity index is 2.90. The van der Waals surface area contributed by atoms with Crippen molar-refractivity contribution in [2.24, 2.45) is 0 Å². The minimum Gasteiger partial charge on any atom is -0.451 e. The van der Waals surface area contributed by atoms with Crippen LogP contribution in [0.1, 0.15) is 20.8 Å². The molecule has 162 valence electrons. The normalized spacial score (nSPS) is 14.4. The van der Waals surface area contributed by atoms with Gasteiger partial charge in [-0.15, -0.1) is 0 Å². The molecule has 1 aromatic rings. The van der Waals surface area contributed by atoms with Crippen molar-refractivity contribution in [2.45, 2.75) is 43.9 Å². The van der Waals surface area contributed by atoms with Crippen molar-refractivity contribution in [1.29, 1.82) is 0 Å². The first-order chi connectivity index (χ1) is 13.4. The van der Waals surface area contributed by atoms with Gasteiger partial charge in [-0.3, -0.25) is 14.9 Å². The van der Waals surface area contributed by atoms with Gasteiger partial charge in [0, 0.05) is 6.54 Å². The van der Waals surface area contributed by atoms with Crippen molar-refractivity contribution in [3.63, 3.8) is 0 Å². The molecule has 0 aliphatic rings. The SMILES string of the molecule is CCNC(=O)NC(=O)C(C)OC(=O)C(NS(=O)(=O)c1ccc(Cl)c(Cl)c1)C(C)O. The van der Waals surface area contributed by atoms with Crippen LogP contribution in [-0.4, -0.2) is 56.2 Å². The van der Waals surface area contributed by atoms with Gasteiger partial charge in [0.2, 0.25) is 10.0 Å². The lowest BCUT2D eigenvalue weighted by atomic mass is 10.2. The fraction of sp³-hybridized carbons (Fsp3) is 0.438. The summed E-state index contributed by atoms with van der Waals surface area (Å²) in [6.07, 6.45) is -2.93. The predicted octanol–water partition coefficient (Wildman–Crippen LogP) is 0.799. The van der Waals surface area contributed by atoms with E-state index in [1.165, 1.54) is 13.0 Å². The van der Waals surface area contributed by atoms with Crippen molar-refractivity contribution in [3.8, 4) is 0 Å². The Kier molecular flexibility index (Phi) is 9.30.